The number of hydrogen-bond donors (Lipinski definition) is 4. The van der Waals surface area contributed by atoms with E-state index in [1.54, 1.807) is 45.9 Å². The van der Waals surface area contributed by atoms with E-state index in [0.29, 0.717) is 63.1 Å². The van der Waals surface area contributed by atoms with Crippen LogP contribution in [-0.4, -0.2) is 112 Å². The van der Waals surface area contributed by atoms with E-state index in [9.17, 15) is 37.2 Å². The number of alkyl carbamates (subject to hydrolysis) is 1. The molecule has 1 aromatic carbocycles. The molecule has 0 spiro atoms. The third kappa shape index (κ3) is 19.6. The molecule has 2 fully saturated rings. The number of nitrogens with two attached hydrogens (primary N) is 1. The molecule has 3 heterocycles. The zero-order valence-electron chi connectivity index (χ0n) is 42.3. The number of nitrogens with one attached hydrogen (secondary N) is 3. The van der Waals surface area contributed by atoms with E-state index in [2.05, 4.69) is 20.3 Å². The summed E-state index contributed by atoms with van der Waals surface area (Å²) in [7, 11) is -3.80. The topological polar surface area (TPSA) is 242 Å². The maximum absolute atomic E-state index is 13.9. The third-order valence-corrected chi connectivity index (χ3v) is 14.1. The van der Waals surface area contributed by atoms with Crippen molar-refractivity contribution in [3.63, 3.8) is 0 Å². The molecule has 3 aliphatic rings. The van der Waals surface area contributed by atoms with Gasteiger partial charge in [0.25, 0.3) is 11.8 Å². The molecule has 19 heteroatoms. The summed E-state index contributed by atoms with van der Waals surface area (Å²) in [5.74, 6) is -1.59. The zero-order chi connectivity index (χ0) is 51.7. The first-order valence-electron chi connectivity index (χ1n) is 23.9. The molecule has 2 unspecified atom stereocenters. The van der Waals surface area contributed by atoms with Gasteiger partial charge in [-0.3, -0.25) is 28.7 Å². The van der Waals surface area contributed by atoms with Crippen molar-refractivity contribution in [2.45, 2.75) is 173 Å². The Morgan fingerprint density at radius 2 is 1.61 bits per heavy atom. The quantitative estimate of drug-likeness (QED) is 0.0881. The Balaban J connectivity index is 0.000000371. The Hall–Kier alpha value is -5.17. The molecule has 4 atom stereocenters. The van der Waals surface area contributed by atoms with E-state index >= 15 is 0 Å². The normalized spacial score (nSPS) is 21.2. The molecule has 0 radical (unpaired) electrons. The second kappa shape index (κ2) is 26.2. The molecule has 17 nitrogen and oxygen atoms in total. The lowest BCUT2D eigenvalue weighted by atomic mass is 9.99. The smallest absolute Gasteiger partial charge is 0.408 e. The minimum Gasteiger partial charge on any atom is -0.494 e. The van der Waals surface area contributed by atoms with E-state index in [4.69, 9.17) is 19.9 Å². The minimum absolute atomic E-state index is 0.160. The van der Waals surface area contributed by atoms with Crippen molar-refractivity contribution in [1.82, 2.24) is 25.2 Å². The van der Waals surface area contributed by atoms with E-state index in [1.165, 1.54) is 16.7 Å². The first-order valence-corrected chi connectivity index (χ1v) is 26.5. The number of carbonyl (C=O) groups excluding carboxylic acids is 6. The van der Waals surface area contributed by atoms with Crippen LogP contribution in [0.15, 0.2) is 54.6 Å². The lowest BCUT2D eigenvalue weighted by Crippen LogP contribution is -2.61. The number of rotatable bonds is 13. The van der Waals surface area contributed by atoms with Gasteiger partial charge in [0, 0.05) is 29.2 Å². The number of pyridine rings is 1. The number of fused-ring (bicyclic) bond motifs is 1. The van der Waals surface area contributed by atoms with Gasteiger partial charge in [-0.1, -0.05) is 51.1 Å². The van der Waals surface area contributed by atoms with Crippen LogP contribution in [0.5, 0.6) is 5.75 Å². The van der Waals surface area contributed by atoms with Crippen LogP contribution in [0.2, 0.25) is 0 Å². The standard InChI is InChI=1S/C26H42N4O7S2.C22H28N2O4.C2H6/c1-16-10-7-8-15-38-26(5,6)20(28-24(34)37-25(2,3)4)23(33)30-14-9-11-18(30)21(31)27-19(16)22(32)29-39(35,36)17-12-13-17;1-22(2,3)28-20(25)13-5-4-6-14-27-17-10-7-9-16(15-17)18-11-8-12-19(24-18)21(23)26;1-2/h7,10,16-20H,8-9,11-15H2,1-6H3,(H,27,31)(H,28,34)(H,29,32);7-12,15H,4-6,13-14H2,1-3H3,(H2,23,26);1-2H3/b10-7+;;/t16-,18-,19?,20?;;/m0../s1. The fourth-order valence-corrected chi connectivity index (χ4v) is 9.72. The zero-order valence-corrected chi connectivity index (χ0v) is 44.0. The number of nitrogens with zero attached hydrogens (tertiary/aromatic N) is 2. The number of primary amides is 1. The number of carbonyl (C=O) groups is 6. The predicted octanol–water partition coefficient (Wildman–Crippen LogP) is 7.23. The highest BCUT2D eigenvalue weighted by atomic mass is 32.2. The van der Waals surface area contributed by atoms with Gasteiger partial charge in [-0.2, -0.15) is 11.8 Å². The summed E-state index contributed by atoms with van der Waals surface area (Å²) in [6, 6.07) is 9.73. The van der Waals surface area contributed by atoms with Crippen LogP contribution in [0.4, 0.5) is 4.79 Å². The molecular weight excluding hydrogens is 925 g/mol. The van der Waals surface area contributed by atoms with Gasteiger partial charge in [-0.05, 0) is 137 Å². The van der Waals surface area contributed by atoms with Crippen LogP contribution in [-0.2, 0) is 38.7 Å². The summed E-state index contributed by atoms with van der Waals surface area (Å²) >= 11 is 1.51. The van der Waals surface area contributed by atoms with Gasteiger partial charge < -0.3 is 35.5 Å². The highest BCUT2D eigenvalue weighted by Crippen LogP contribution is 2.33. The Bertz CT molecular complexity index is 2220. The van der Waals surface area contributed by atoms with Gasteiger partial charge in [0.15, 0.2) is 0 Å². The molecule has 1 aromatic heterocycles. The average Bonchev–Trinajstić information content (AvgIpc) is 4.02. The minimum atomic E-state index is -3.80. The molecule has 384 valence electrons. The third-order valence-electron chi connectivity index (χ3n) is 10.8. The number of thioether (sulfide) groups is 1. The van der Waals surface area contributed by atoms with Crippen molar-refractivity contribution >= 4 is 57.5 Å². The second-order valence-corrected chi connectivity index (χ2v) is 23.2. The van der Waals surface area contributed by atoms with Crippen molar-refractivity contribution in [3.05, 3.63) is 60.3 Å². The van der Waals surface area contributed by atoms with Crippen LogP contribution < -0.4 is 25.8 Å². The van der Waals surface area contributed by atoms with Crippen LogP contribution in [0, 0.1) is 5.92 Å². The average molecular weight is 1000 g/mol. The van der Waals surface area contributed by atoms with E-state index in [1.807, 2.05) is 84.9 Å². The number of benzene rings is 1. The molecule has 1 aliphatic carbocycles. The molecule has 5 amide bonds. The number of amides is 5. The van der Waals surface area contributed by atoms with Gasteiger partial charge in [0.1, 0.15) is 40.8 Å². The predicted molar refractivity (Wildman–Crippen MR) is 269 cm³/mol. The molecule has 1 saturated heterocycles. The molecule has 69 heavy (non-hydrogen) atoms. The van der Waals surface area contributed by atoms with Crippen LogP contribution in [0.1, 0.15) is 144 Å². The van der Waals surface area contributed by atoms with Gasteiger partial charge in [0.2, 0.25) is 21.8 Å². The first-order chi connectivity index (χ1) is 32.3. The van der Waals surface area contributed by atoms with Gasteiger partial charge in [-0.15, -0.1) is 0 Å². The van der Waals surface area contributed by atoms with E-state index in [-0.39, 0.29) is 11.7 Å². The van der Waals surface area contributed by atoms with Crippen LogP contribution in [0.3, 0.4) is 0 Å². The summed E-state index contributed by atoms with van der Waals surface area (Å²) in [6.45, 7) is 21.2. The molecular formula is C50H76N6O11S2. The van der Waals surface area contributed by atoms with Crippen LogP contribution >= 0.6 is 11.8 Å². The largest absolute Gasteiger partial charge is 0.494 e. The summed E-state index contributed by atoms with van der Waals surface area (Å²) in [5, 5.41) is 4.89. The molecule has 2 aliphatic heterocycles. The van der Waals surface area contributed by atoms with E-state index < -0.39 is 85.0 Å². The maximum Gasteiger partial charge on any atom is 0.408 e. The first kappa shape index (κ1) is 58.1. The Morgan fingerprint density at radius 3 is 2.25 bits per heavy atom. The number of sulfonamides is 1. The number of aromatic nitrogens is 1. The number of hydrogen-bond acceptors (Lipinski definition) is 13. The van der Waals surface area contributed by atoms with Crippen molar-refractivity contribution in [2.24, 2.45) is 11.7 Å². The van der Waals surface area contributed by atoms with Crippen molar-refractivity contribution in [2.75, 3.05) is 18.9 Å². The fraction of sp³-hybridized carbons (Fsp3) is 0.620. The number of allylic oxidation sites excluding steroid dienone is 1. The fourth-order valence-electron chi connectivity index (χ4n) is 7.28. The molecule has 2 aromatic rings. The Kier molecular flexibility index (Phi) is 22.0. The van der Waals surface area contributed by atoms with Crippen molar-refractivity contribution in [3.8, 4) is 17.0 Å². The van der Waals surface area contributed by atoms with Crippen LogP contribution in [0.25, 0.3) is 11.3 Å². The van der Waals surface area contributed by atoms with Gasteiger partial charge >= 0.3 is 12.1 Å². The monoisotopic (exact) mass is 1000 g/mol. The van der Waals surface area contributed by atoms with Crippen molar-refractivity contribution < 1.29 is 51.4 Å². The lowest BCUT2D eigenvalue weighted by Gasteiger charge is -2.38. The number of ether oxygens (including phenoxy) is 3. The Labute approximate surface area is 413 Å². The number of esters is 1. The molecule has 5 N–H and O–H groups in total. The number of unbranched alkanes of at least 4 members (excludes halogenated alkanes) is 2. The summed E-state index contributed by atoms with van der Waals surface area (Å²) in [5.41, 5.74) is 5.85. The second-order valence-electron chi connectivity index (χ2n) is 19.5. The highest BCUT2D eigenvalue weighted by molar-refractivity contribution is 8.00. The van der Waals surface area contributed by atoms with Gasteiger partial charge in [0.05, 0.1) is 17.6 Å². The highest BCUT2D eigenvalue weighted by Gasteiger charge is 2.46. The molecule has 1 saturated carbocycles. The lowest BCUT2D eigenvalue weighted by molar-refractivity contribution is -0.155. The molecule has 0 bridgehead atoms. The van der Waals surface area contributed by atoms with Crippen molar-refractivity contribution in [1.29, 1.82) is 0 Å². The SMILES string of the molecule is CC.CC(C)(C)OC(=O)CCCCCOc1cccc(-c2cccc(C(N)=O)n2)c1.C[C@H]1/C=C/CCSC(C)(C)C(NC(=O)OC(C)(C)C)C(=O)N2CCC[C@H]2C(=O)NC1C(=O)NS(=O)(=O)C1CC1. The summed E-state index contributed by atoms with van der Waals surface area (Å²) < 4.78 is 42.8. The summed E-state index contributed by atoms with van der Waals surface area (Å²) in [4.78, 5) is 81.9. The van der Waals surface area contributed by atoms with Gasteiger partial charge in [-0.25, -0.2) is 18.2 Å². The summed E-state index contributed by atoms with van der Waals surface area (Å²) in [6.07, 6.45) is 8.44. The maximum atomic E-state index is 13.9. The molecule has 5 rings (SSSR count). The Morgan fingerprint density at radius 1 is 0.942 bits per heavy atom. The van der Waals surface area contributed by atoms with E-state index in [0.717, 1.165) is 30.6 Å².